The molecular weight excluding hydrogens is 214 g/mol. The van der Waals surface area contributed by atoms with E-state index in [0.717, 1.165) is 16.7 Å². The molecule has 0 saturated heterocycles. The van der Waals surface area contributed by atoms with E-state index < -0.39 is 0 Å². The smallest absolute Gasteiger partial charge is 0.177 e. The Bertz CT molecular complexity index is 631. The van der Waals surface area contributed by atoms with Crippen LogP contribution in [-0.2, 0) is 0 Å². The first-order valence-electron chi connectivity index (χ1n) is 5.40. The van der Waals surface area contributed by atoms with Crippen molar-refractivity contribution in [2.24, 2.45) is 0 Å². The van der Waals surface area contributed by atoms with E-state index in [-0.39, 0.29) is 6.04 Å². The molecule has 84 valence electrons. The van der Waals surface area contributed by atoms with Gasteiger partial charge in [-0.05, 0) is 18.6 Å². The molecule has 0 N–H and O–H groups in total. The summed E-state index contributed by atoms with van der Waals surface area (Å²) in [5, 5.41) is 4.34. The molecular formula is C12H11N5. The van der Waals surface area contributed by atoms with Gasteiger partial charge in [-0.1, -0.05) is 6.07 Å². The molecule has 3 aromatic heterocycles. The Hall–Kier alpha value is -2.30. The molecule has 1 atom stereocenters. The van der Waals surface area contributed by atoms with Gasteiger partial charge in [-0.2, -0.15) is 5.10 Å². The summed E-state index contributed by atoms with van der Waals surface area (Å²) < 4.78 is 1.86. The second-order valence-electron chi connectivity index (χ2n) is 3.82. The van der Waals surface area contributed by atoms with E-state index in [1.54, 1.807) is 24.8 Å². The maximum absolute atomic E-state index is 4.34. The molecule has 0 unspecified atom stereocenters. The van der Waals surface area contributed by atoms with Crippen molar-refractivity contribution in [3.05, 3.63) is 48.7 Å². The molecule has 0 aliphatic rings. The van der Waals surface area contributed by atoms with Gasteiger partial charge in [0.2, 0.25) is 0 Å². The third-order valence-electron chi connectivity index (χ3n) is 2.76. The van der Waals surface area contributed by atoms with E-state index in [1.807, 2.05) is 23.0 Å². The number of pyridine rings is 1. The van der Waals surface area contributed by atoms with Crippen LogP contribution in [0.5, 0.6) is 0 Å². The van der Waals surface area contributed by atoms with Crippen molar-refractivity contribution in [1.29, 1.82) is 0 Å². The Morgan fingerprint density at radius 3 is 2.82 bits per heavy atom. The normalized spacial score (nSPS) is 12.8. The number of hydrogen-bond acceptors (Lipinski definition) is 4. The summed E-state index contributed by atoms with van der Waals surface area (Å²) in [6, 6.07) is 4.04. The Morgan fingerprint density at radius 2 is 2.00 bits per heavy atom. The second kappa shape index (κ2) is 3.93. The predicted octanol–water partition coefficient (Wildman–Crippen LogP) is 1.83. The zero-order valence-electron chi connectivity index (χ0n) is 9.35. The summed E-state index contributed by atoms with van der Waals surface area (Å²) in [6.45, 7) is 2.07. The highest BCUT2D eigenvalue weighted by Gasteiger charge is 2.12. The van der Waals surface area contributed by atoms with Crippen molar-refractivity contribution in [1.82, 2.24) is 24.7 Å². The molecule has 0 aliphatic carbocycles. The predicted molar refractivity (Wildman–Crippen MR) is 63.4 cm³/mol. The number of fused-ring (bicyclic) bond motifs is 1. The molecule has 3 aromatic rings. The fourth-order valence-corrected chi connectivity index (χ4v) is 1.83. The molecule has 0 saturated carbocycles. The molecule has 17 heavy (non-hydrogen) atoms. The zero-order chi connectivity index (χ0) is 11.7. The van der Waals surface area contributed by atoms with E-state index in [9.17, 15) is 0 Å². The molecule has 0 radical (unpaired) electrons. The fraction of sp³-hybridized carbons (Fsp3) is 0.167. The Kier molecular flexibility index (Phi) is 2.29. The Labute approximate surface area is 98.2 Å². The van der Waals surface area contributed by atoms with Gasteiger partial charge in [0.1, 0.15) is 5.52 Å². The summed E-state index contributed by atoms with van der Waals surface area (Å²) in [5.41, 5.74) is 2.70. The quantitative estimate of drug-likeness (QED) is 0.667. The summed E-state index contributed by atoms with van der Waals surface area (Å²) in [5.74, 6) is 0. The number of hydrogen-bond donors (Lipinski definition) is 0. The maximum Gasteiger partial charge on any atom is 0.177 e. The lowest BCUT2D eigenvalue weighted by Crippen LogP contribution is -2.09. The molecule has 0 bridgehead atoms. The van der Waals surface area contributed by atoms with Gasteiger partial charge in [0, 0.05) is 24.8 Å². The lowest BCUT2D eigenvalue weighted by atomic mass is 10.1. The van der Waals surface area contributed by atoms with Crippen molar-refractivity contribution in [3.63, 3.8) is 0 Å². The molecule has 5 heteroatoms. The average molecular weight is 225 g/mol. The van der Waals surface area contributed by atoms with Crippen LogP contribution in [0.25, 0.3) is 11.2 Å². The minimum atomic E-state index is 0.0953. The highest BCUT2D eigenvalue weighted by atomic mass is 15.3. The number of nitrogens with zero attached hydrogens (tertiary/aromatic N) is 5. The Balaban J connectivity index is 2.10. The summed E-state index contributed by atoms with van der Waals surface area (Å²) in [4.78, 5) is 12.6. The monoisotopic (exact) mass is 225 g/mol. The lowest BCUT2D eigenvalue weighted by molar-refractivity contribution is 0.577. The van der Waals surface area contributed by atoms with Gasteiger partial charge >= 0.3 is 0 Å². The van der Waals surface area contributed by atoms with E-state index >= 15 is 0 Å². The molecule has 0 amide bonds. The summed E-state index contributed by atoms with van der Waals surface area (Å²) >= 11 is 0. The van der Waals surface area contributed by atoms with Gasteiger partial charge in [-0.15, -0.1) is 0 Å². The first kappa shape index (κ1) is 9.89. The van der Waals surface area contributed by atoms with E-state index in [2.05, 4.69) is 27.0 Å². The molecule has 5 nitrogen and oxygen atoms in total. The molecule has 3 rings (SSSR count). The molecule has 0 fully saturated rings. The van der Waals surface area contributed by atoms with Crippen LogP contribution in [-0.4, -0.2) is 24.7 Å². The van der Waals surface area contributed by atoms with Crippen LogP contribution in [0.15, 0.2) is 43.1 Å². The van der Waals surface area contributed by atoms with Crippen molar-refractivity contribution < 1.29 is 0 Å². The first-order valence-corrected chi connectivity index (χ1v) is 5.40. The number of aromatic nitrogens is 5. The van der Waals surface area contributed by atoms with Gasteiger partial charge in [0.25, 0.3) is 0 Å². The van der Waals surface area contributed by atoms with Crippen molar-refractivity contribution in [2.45, 2.75) is 13.0 Å². The molecule has 0 spiro atoms. The lowest BCUT2D eigenvalue weighted by Gasteiger charge is -2.12. The van der Waals surface area contributed by atoms with Crippen molar-refractivity contribution in [2.75, 3.05) is 0 Å². The third kappa shape index (κ3) is 1.65. The van der Waals surface area contributed by atoms with Crippen LogP contribution >= 0.6 is 0 Å². The first-order chi connectivity index (χ1) is 8.36. The summed E-state index contributed by atoms with van der Waals surface area (Å²) in [7, 11) is 0. The second-order valence-corrected chi connectivity index (χ2v) is 3.82. The molecule has 3 heterocycles. The minimum absolute atomic E-state index is 0.0953. The van der Waals surface area contributed by atoms with Gasteiger partial charge in [-0.25, -0.2) is 14.6 Å². The van der Waals surface area contributed by atoms with Gasteiger partial charge < -0.3 is 0 Å². The summed E-state index contributed by atoms with van der Waals surface area (Å²) in [6.07, 6.45) is 8.68. The minimum Gasteiger partial charge on any atom is -0.264 e. The zero-order valence-corrected chi connectivity index (χ0v) is 9.35. The molecule has 0 aromatic carbocycles. The van der Waals surface area contributed by atoms with Crippen LogP contribution in [0, 0.1) is 0 Å². The van der Waals surface area contributed by atoms with Gasteiger partial charge in [0.15, 0.2) is 5.65 Å². The van der Waals surface area contributed by atoms with E-state index in [4.69, 9.17) is 0 Å². The van der Waals surface area contributed by atoms with Crippen molar-refractivity contribution in [3.8, 4) is 0 Å². The molecule has 0 aliphatic heterocycles. The van der Waals surface area contributed by atoms with Gasteiger partial charge in [0.05, 0.1) is 12.2 Å². The SMILES string of the molecule is C[C@@H](c1cccnc1)n1ncc2nccnc21. The highest BCUT2D eigenvalue weighted by molar-refractivity contribution is 5.68. The van der Waals surface area contributed by atoms with Crippen LogP contribution in [0.2, 0.25) is 0 Å². The third-order valence-corrected chi connectivity index (χ3v) is 2.76. The standard InChI is InChI=1S/C12H11N5/c1-9(10-3-2-4-13-7-10)17-12-11(8-16-17)14-5-6-15-12/h2-9H,1H3/t9-/m0/s1. The number of rotatable bonds is 2. The topological polar surface area (TPSA) is 56.5 Å². The highest BCUT2D eigenvalue weighted by Crippen LogP contribution is 2.19. The average Bonchev–Trinajstić information content (AvgIpc) is 2.83. The largest absolute Gasteiger partial charge is 0.264 e. The van der Waals surface area contributed by atoms with E-state index in [0.29, 0.717) is 0 Å². The van der Waals surface area contributed by atoms with Crippen LogP contribution in [0.4, 0.5) is 0 Å². The van der Waals surface area contributed by atoms with Gasteiger partial charge in [-0.3, -0.25) is 4.98 Å². The van der Waals surface area contributed by atoms with E-state index in [1.165, 1.54) is 0 Å². The fourth-order valence-electron chi connectivity index (χ4n) is 1.83. The van der Waals surface area contributed by atoms with Crippen LogP contribution in [0.1, 0.15) is 18.5 Å². The van der Waals surface area contributed by atoms with Crippen LogP contribution in [0.3, 0.4) is 0 Å². The van der Waals surface area contributed by atoms with Crippen LogP contribution < -0.4 is 0 Å². The maximum atomic E-state index is 4.34. The van der Waals surface area contributed by atoms with Crippen molar-refractivity contribution >= 4 is 11.2 Å². The Morgan fingerprint density at radius 1 is 1.12 bits per heavy atom.